The van der Waals surface area contributed by atoms with Crippen LogP contribution in [0.25, 0.3) is 16.9 Å². The van der Waals surface area contributed by atoms with Crippen LogP contribution in [0.5, 0.6) is 0 Å². The van der Waals surface area contributed by atoms with Crippen molar-refractivity contribution in [3.05, 3.63) is 68.9 Å². The molecular formula is C16H10F4N2O3S2. The zero-order valence-electron chi connectivity index (χ0n) is 13.2. The van der Waals surface area contributed by atoms with Crippen LogP contribution in [-0.4, -0.2) is 13.0 Å². The number of primary sulfonamides is 1. The Labute approximate surface area is 154 Å². The number of nitrogens with two attached hydrogens (primary N) is 1. The molecular weight excluding hydrogens is 408 g/mol. The summed E-state index contributed by atoms with van der Waals surface area (Å²) >= 11 is 0.766. The van der Waals surface area contributed by atoms with Crippen molar-refractivity contribution >= 4 is 21.4 Å². The number of rotatable bonds is 3. The Balaban J connectivity index is 2.11. The van der Waals surface area contributed by atoms with Gasteiger partial charge in [-0.25, -0.2) is 17.9 Å². The lowest BCUT2D eigenvalue weighted by atomic mass is 10.1. The lowest BCUT2D eigenvalue weighted by Crippen LogP contribution is -2.15. The molecule has 2 N–H and O–H groups in total. The van der Waals surface area contributed by atoms with Crippen molar-refractivity contribution in [1.82, 2.24) is 4.57 Å². The first-order chi connectivity index (χ1) is 12.5. The minimum Gasteiger partial charge on any atom is -0.267 e. The first kappa shape index (κ1) is 19.3. The molecule has 0 aliphatic carbocycles. The third kappa shape index (κ3) is 3.80. The number of sulfonamides is 1. The highest BCUT2D eigenvalue weighted by Crippen LogP contribution is 2.31. The van der Waals surface area contributed by atoms with Crippen molar-refractivity contribution < 1.29 is 26.0 Å². The number of aromatic nitrogens is 1. The van der Waals surface area contributed by atoms with E-state index >= 15 is 0 Å². The Kier molecular flexibility index (Phi) is 4.70. The van der Waals surface area contributed by atoms with Crippen LogP contribution in [0.15, 0.2) is 57.5 Å². The molecule has 0 saturated heterocycles. The number of alkyl halides is 3. The van der Waals surface area contributed by atoms with Crippen LogP contribution in [-0.2, 0) is 16.2 Å². The van der Waals surface area contributed by atoms with Crippen LogP contribution in [0, 0.1) is 5.82 Å². The second-order valence-corrected chi connectivity index (χ2v) is 7.81. The molecule has 1 heterocycles. The second kappa shape index (κ2) is 6.59. The molecule has 11 heteroatoms. The minimum atomic E-state index is -4.52. The summed E-state index contributed by atoms with van der Waals surface area (Å²) in [6.45, 7) is 0. The van der Waals surface area contributed by atoms with E-state index in [0.717, 1.165) is 52.3 Å². The van der Waals surface area contributed by atoms with Gasteiger partial charge in [-0.1, -0.05) is 17.4 Å². The molecule has 0 spiro atoms. The topological polar surface area (TPSA) is 82.2 Å². The lowest BCUT2D eigenvalue weighted by molar-refractivity contribution is -0.137. The standard InChI is InChI=1S/C16H10F4N2O3S2/c17-12-7-9(1-6-14(12)27(21,24)25)13-8-26-15(23)22(13)11-4-2-10(3-5-11)16(18,19)20/h1-8H,(H2,21,24,25). The maximum absolute atomic E-state index is 14.1. The van der Waals surface area contributed by atoms with E-state index < -0.39 is 37.3 Å². The summed E-state index contributed by atoms with van der Waals surface area (Å²) in [4.78, 5) is 11.0. The first-order valence-corrected chi connectivity index (χ1v) is 9.62. The molecule has 27 heavy (non-hydrogen) atoms. The van der Waals surface area contributed by atoms with E-state index in [4.69, 9.17) is 5.14 Å². The largest absolute Gasteiger partial charge is 0.416 e. The maximum Gasteiger partial charge on any atom is 0.416 e. The van der Waals surface area contributed by atoms with Crippen molar-refractivity contribution in [2.75, 3.05) is 0 Å². The Bertz CT molecular complexity index is 1160. The van der Waals surface area contributed by atoms with E-state index in [1.807, 2.05) is 0 Å². The van der Waals surface area contributed by atoms with Crippen LogP contribution in [0.2, 0.25) is 0 Å². The number of benzene rings is 2. The Morgan fingerprint density at radius 2 is 1.67 bits per heavy atom. The number of nitrogens with zero attached hydrogens (tertiary/aromatic N) is 1. The summed E-state index contributed by atoms with van der Waals surface area (Å²) in [6, 6.07) is 7.00. The van der Waals surface area contributed by atoms with Crippen LogP contribution in [0.3, 0.4) is 0 Å². The predicted molar refractivity (Wildman–Crippen MR) is 91.7 cm³/mol. The molecule has 0 aliphatic rings. The van der Waals surface area contributed by atoms with Gasteiger partial charge in [0.15, 0.2) is 0 Å². The third-order valence-corrected chi connectivity index (χ3v) is 5.35. The number of hydrogen-bond donors (Lipinski definition) is 1. The summed E-state index contributed by atoms with van der Waals surface area (Å²) in [5, 5.41) is 6.30. The van der Waals surface area contributed by atoms with E-state index in [2.05, 4.69) is 0 Å². The molecule has 142 valence electrons. The monoisotopic (exact) mass is 418 g/mol. The fourth-order valence-corrected chi connectivity index (χ4v) is 3.79. The molecule has 3 rings (SSSR count). The highest BCUT2D eigenvalue weighted by molar-refractivity contribution is 7.89. The SMILES string of the molecule is NS(=O)(=O)c1ccc(-c2csc(=O)n2-c2ccc(C(F)(F)F)cc2)cc1F. The first-order valence-electron chi connectivity index (χ1n) is 7.19. The van der Waals surface area contributed by atoms with Gasteiger partial charge in [-0.05, 0) is 36.4 Å². The zero-order valence-corrected chi connectivity index (χ0v) is 14.8. The second-order valence-electron chi connectivity index (χ2n) is 5.46. The smallest absolute Gasteiger partial charge is 0.267 e. The summed E-state index contributed by atoms with van der Waals surface area (Å²) in [5.74, 6) is -1.10. The number of halogens is 4. The number of hydrogen-bond acceptors (Lipinski definition) is 4. The van der Waals surface area contributed by atoms with Gasteiger partial charge < -0.3 is 0 Å². The number of thiazole rings is 1. The van der Waals surface area contributed by atoms with Gasteiger partial charge in [-0.2, -0.15) is 13.2 Å². The van der Waals surface area contributed by atoms with Gasteiger partial charge in [0, 0.05) is 10.9 Å². The average Bonchev–Trinajstić information content (AvgIpc) is 2.94. The highest BCUT2D eigenvalue weighted by atomic mass is 32.2. The molecule has 0 bridgehead atoms. The molecule has 0 unspecified atom stereocenters. The lowest BCUT2D eigenvalue weighted by Gasteiger charge is -2.11. The summed E-state index contributed by atoms with van der Waals surface area (Å²) < 4.78 is 75.9. The highest BCUT2D eigenvalue weighted by Gasteiger charge is 2.30. The van der Waals surface area contributed by atoms with E-state index in [-0.39, 0.29) is 16.9 Å². The summed E-state index contributed by atoms with van der Waals surface area (Å²) in [7, 11) is -4.26. The van der Waals surface area contributed by atoms with Crippen LogP contribution in [0.4, 0.5) is 17.6 Å². The summed E-state index contributed by atoms with van der Waals surface area (Å²) in [6.07, 6.45) is -4.52. The summed E-state index contributed by atoms with van der Waals surface area (Å²) in [5.41, 5.74) is -0.359. The molecule has 0 aliphatic heterocycles. The van der Waals surface area contributed by atoms with Gasteiger partial charge in [0.2, 0.25) is 10.0 Å². The Hall–Kier alpha value is -2.50. The van der Waals surface area contributed by atoms with E-state index in [1.165, 1.54) is 11.4 Å². The van der Waals surface area contributed by atoms with E-state index in [1.54, 1.807) is 0 Å². The quantitative estimate of drug-likeness (QED) is 0.662. The molecule has 0 saturated carbocycles. The predicted octanol–water partition coefficient (Wildman–Crippen LogP) is 3.37. The normalized spacial score (nSPS) is 12.3. The van der Waals surface area contributed by atoms with Gasteiger partial charge in [0.25, 0.3) is 0 Å². The molecule has 0 atom stereocenters. The van der Waals surface area contributed by atoms with Gasteiger partial charge in [0.1, 0.15) is 10.7 Å². The van der Waals surface area contributed by atoms with Gasteiger partial charge in [-0.15, -0.1) is 0 Å². The van der Waals surface area contributed by atoms with Gasteiger partial charge in [-0.3, -0.25) is 9.36 Å². The molecule has 0 amide bonds. The molecule has 0 radical (unpaired) electrons. The maximum atomic E-state index is 14.1. The van der Waals surface area contributed by atoms with Crippen molar-refractivity contribution in [1.29, 1.82) is 0 Å². The zero-order chi connectivity index (χ0) is 20.0. The van der Waals surface area contributed by atoms with Crippen molar-refractivity contribution in [3.63, 3.8) is 0 Å². The minimum absolute atomic E-state index is 0.153. The van der Waals surface area contributed by atoms with Crippen molar-refractivity contribution in [2.24, 2.45) is 5.14 Å². The Morgan fingerprint density at radius 3 is 2.19 bits per heavy atom. The van der Waals surface area contributed by atoms with E-state index in [0.29, 0.717) is 0 Å². The van der Waals surface area contributed by atoms with Gasteiger partial charge >= 0.3 is 11.0 Å². The average molecular weight is 418 g/mol. The van der Waals surface area contributed by atoms with Crippen LogP contribution >= 0.6 is 11.3 Å². The Morgan fingerprint density at radius 1 is 1.04 bits per heavy atom. The molecule has 0 fully saturated rings. The molecule has 5 nitrogen and oxygen atoms in total. The van der Waals surface area contributed by atoms with Crippen molar-refractivity contribution in [3.8, 4) is 16.9 Å². The molecule has 2 aromatic carbocycles. The molecule has 1 aromatic heterocycles. The third-order valence-electron chi connectivity index (χ3n) is 3.68. The van der Waals surface area contributed by atoms with Gasteiger partial charge in [0.05, 0.1) is 16.9 Å². The molecule has 3 aromatic rings. The van der Waals surface area contributed by atoms with Crippen LogP contribution in [0.1, 0.15) is 5.56 Å². The fraction of sp³-hybridized carbons (Fsp3) is 0.0625. The van der Waals surface area contributed by atoms with Crippen molar-refractivity contribution in [2.45, 2.75) is 11.1 Å². The van der Waals surface area contributed by atoms with Crippen LogP contribution < -0.4 is 10.0 Å². The fourth-order valence-electron chi connectivity index (χ4n) is 2.44. The van der Waals surface area contributed by atoms with E-state index in [9.17, 15) is 30.8 Å².